The number of hydrogen-bond acceptors (Lipinski definition) is 4. The fraction of sp³-hybridized carbons (Fsp3) is 0.526. The number of nitrogens with one attached hydrogen (secondary N) is 4. The predicted octanol–water partition coefficient (Wildman–Crippen LogP) is 1.12. The maximum Gasteiger partial charge on any atom is 0.315 e. The van der Waals surface area contributed by atoms with E-state index in [-0.39, 0.29) is 5.91 Å². The lowest BCUT2D eigenvalue weighted by Gasteiger charge is -2.29. The largest absolute Gasteiger partial charge is 0.368 e. The smallest absolute Gasteiger partial charge is 0.315 e. The maximum atomic E-state index is 12.7. The zero-order valence-corrected chi connectivity index (χ0v) is 15.3. The lowest BCUT2D eigenvalue weighted by atomic mass is 9.97. The highest BCUT2D eigenvalue weighted by atomic mass is 16.5. The Labute approximate surface area is 158 Å². The number of rotatable bonds is 5. The molecule has 0 spiro atoms. The summed E-state index contributed by atoms with van der Waals surface area (Å²) in [5.41, 5.74) is 4.85. The summed E-state index contributed by atoms with van der Waals surface area (Å²) >= 11 is 0. The third kappa shape index (κ3) is 4.97. The van der Waals surface area contributed by atoms with Crippen molar-refractivity contribution in [2.45, 2.75) is 56.7 Å². The highest BCUT2D eigenvalue weighted by Crippen LogP contribution is 2.29. The third-order valence-corrected chi connectivity index (χ3v) is 5.06. The van der Waals surface area contributed by atoms with Crippen LogP contribution in [0.5, 0.6) is 0 Å². The Bertz CT molecular complexity index is 668. The van der Waals surface area contributed by atoms with Crippen LogP contribution in [-0.4, -0.2) is 36.1 Å². The standard InChI is InChI=1S/C19H26N4O4/c24-16(15-9-6-12-27-15)22-23-17(25)19(10-4-5-11-19)21-18(26)20-13-14-7-2-1-3-8-14/h1-3,7-8,15H,4-6,9-13H2,(H,22,24)(H,23,25)(H2,20,21,26)/t15-/m0/s1. The summed E-state index contributed by atoms with van der Waals surface area (Å²) in [5, 5.41) is 5.59. The Morgan fingerprint density at radius 3 is 2.44 bits per heavy atom. The highest BCUT2D eigenvalue weighted by molar-refractivity contribution is 5.93. The van der Waals surface area contributed by atoms with Gasteiger partial charge in [0.25, 0.3) is 11.8 Å². The molecule has 0 unspecified atom stereocenters. The van der Waals surface area contributed by atoms with Gasteiger partial charge in [0, 0.05) is 13.2 Å². The summed E-state index contributed by atoms with van der Waals surface area (Å²) in [5.74, 6) is -0.760. The van der Waals surface area contributed by atoms with Gasteiger partial charge in [0.15, 0.2) is 0 Å². The van der Waals surface area contributed by atoms with E-state index in [0.717, 1.165) is 24.8 Å². The molecule has 146 valence electrons. The topological polar surface area (TPSA) is 109 Å². The molecule has 0 radical (unpaired) electrons. The summed E-state index contributed by atoms with van der Waals surface area (Å²) in [6.45, 7) is 0.930. The second kappa shape index (κ2) is 8.85. The first-order chi connectivity index (χ1) is 13.1. The Morgan fingerprint density at radius 2 is 1.78 bits per heavy atom. The van der Waals surface area contributed by atoms with Gasteiger partial charge < -0.3 is 15.4 Å². The van der Waals surface area contributed by atoms with Crippen molar-refractivity contribution in [2.24, 2.45) is 0 Å². The Hall–Kier alpha value is -2.61. The molecule has 1 atom stereocenters. The Morgan fingerprint density at radius 1 is 1.04 bits per heavy atom. The van der Waals surface area contributed by atoms with Crippen molar-refractivity contribution >= 4 is 17.8 Å². The minimum atomic E-state index is -1.01. The number of ether oxygens (including phenoxy) is 1. The van der Waals surface area contributed by atoms with Crippen LogP contribution in [0.1, 0.15) is 44.1 Å². The summed E-state index contributed by atoms with van der Waals surface area (Å²) < 4.78 is 5.29. The van der Waals surface area contributed by atoms with Gasteiger partial charge in [-0.15, -0.1) is 0 Å². The number of hydrogen-bond donors (Lipinski definition) is 4. The van der Waals surface area contributed by atoms with Crippen LogP contribution < -0.4 is 21.5 Å². The molecule has 1 saturated heterocycles. The van der Waals surface area contributed by atoms with Crippen LogP contribution in [0.3, 0.4) is 0 Å². The molecule has 1 aliphatic heterocycles. The van der Waals surface area contributed by atoms with E-state index in [4.69, 9.17) is 4.74 Å². The first-order valence-electron chi connectivity index (χ1n) is 9.41. The fourth-order valence-electron chi connectivity index (χ4n) is 3.53. The molecule has 1 heterocycles. The fourth-order valence-corrected chi connectivity index (χ4v) is 3.53. The second-order valence-corrected chi connectivity index (χ2v) is 7.03. The van der Waals surface area contributed by atoms with Crippen molar-refractivity contribution in [2.75, 3.05) is 6.61 Å². The van der Waals surface area contributed by atoms with Gasteiger partial charge in [0.2, 0.25) is 0 Å². The molecular formula is C19H26N4O4. The van der Waals surface area contributed by atoms with E-state index in [2.05, 4.69) is 21.5 Å². The lowest BCUT2D eigenvalue weighted by Crippen LogP contribution is -2.62. The summed E-state index contributed by atoms with van der Waals surface area (Å²) in [7, 11) is 0. The molecule has 0 aromatic heterocycles. The van der Waals surface area contributed by atoms with Gasteiger partial charge in [-0.25, -0.2) is 4.79 Å². The van der Waals surface area contributed by atoms with E-state index in [1.165, 1.54) is 0 Å². The van der Waals surface area contributed by atoms with Gasteiger partial charge in [-0.05, 0) is 31.2 Å². The molecule has 1 saturated carbocycles. The number of hydrazine groups is 1. The van der Waals surface area contributed by atoms with Crippen LogP contribution >= 0.6 is 0 Å². The molecule has 2 fully saturated rings. The first kappa shape index (κ1) is 19.2. The first-order valence-corrected chi connectivity index (χ1v) is 9.41. The molecule has 4 N–H and O–H groups in total. The molecule has 27 heavy (non-hydrogen) atoms. The quantitative estimate of drug-likeness (QED) is 0.579. The molecule has 1 aliphatic carbocycles. The molecule has 8 heteroatoms. The van der Waals surface area contributed by atoms with E-state index in [0.29, 0.717) is 32.4 Å². The molecule has 1 aromatic rings. The average Bonchev–Trinajstić information content (AvgIpc) is 3.38. The van der Waals surface area contributed by atoms with Crippen molar-refractivity contribution in [3.8, 4) is 0 Å². The van der Waals surface area contributed by atoms with E-state index in [1.807, 2.05) is 30.3 Å². The van der Waals surface area contributed by atoms with Gasteiger partial charge >= 0.3 is 6.03 Å². The SMILES string of the molecule is O=C(NCc1ccccc1)NC1(C(=O)NNC(=O)[C@@H]2CCCO2)CCCC1. The Kier molecular flexibility index (Phi) is 6.28. The van der Waals surface area contributed by atoms with Gasteiger partial charge in [-0.3, -0.25) is 20.4 Å². The van der Waals surface area contributed by atoms with Crippen molar-refractivity contribution in [1.82, 2.24) is 21.5 Å². The number of carbonyl (C=O) groups excluding carboxylic acids is 3. The van der Waals surface area contributed by atoms with Crippen molar-refractivity contribution in [3.63, 3.8) is 0 Å². The van der Waals surface area contributed by atoms with Crippen molar-refractivity contribution in [3.05, 3.63) is 35.9 Å². The number of urea groups is 1. The van der Waals surface area contributed by atoms with Crippen LogP contribution in [0.4, 0.5) is 4.79 Å². The van der Waals surface area contributed by atoms with Crippen LogP contribution in [0.25, 0.3) is 0 Å². The van der Waals surface area contributed by atoms with Crippen molar-refractivity contribution < 1.29 is 19.1 Å². The van der Waals surface area contributed by atoms with Crippen LogP contribution in [0, 0.1) is 0 Å². The molecule has 2 aliphatic rings. The van der Waals surface area contributed by atoms with E-state index in [9.17, 15) is 14.4 Å². The van der Waals surface area contributed by atoms with Crippen LogP contribution in [0.15, 0.2) is 30.3 Å². The highest BCUT2D eigenvalue weighted by Gasteiger charge is 2.43. The average molecular weight is 374 g/mol. The monoisotopic (exact) mass is 374 g/mol. The van der Waals surface area contributed by atoms with Crippen molar-refractivity contribution in [1.29, 1.82) is 0 Å². The van der Waals surface area contributed by atoms with E-state index < -0.39 is 23.6 Å². The van der Waals surface area contributed by atoms with Crippen LogP contribution in [-0.2, 0) is 20.9 Å². The molecule has 8 nitrogen and oxygen atoms in total. The molecule has 0 bridgehead atoms. The number of carbonyl (C=O) groups is 3. The predicted molar refractivity (Wildman–Crippen MR) is 98.3 cm³/mol. The third-order valence-electron chi connectivity index (χ3n) is 5.06. The molecular weight excluding hydrogens is 348 g/mol. The van der Waals surface area contributed by atoms with Gasteiger partial charge in [-0.2, -0.15) is 0 Å². The molecule has 3 rings (SSSR count). The summed E-state index contributed by atoms with van der Waals surface area (Å²) in [6.07, 6.45) is 3.71. The van der Waals surface area contributed by atoms with Gasteiger partial charge in [-0.1, -0.05) is 43.2 Å². The van der Waals surface area contributed by atoms with E-state index >= 15 is 0 Å². The normalized spacial score (nSPS) is 20.7. The molecule has 1 aromatic carbocycles. The lowest BCUT2D eigenvalue weighted by molar-refractivity contribution is -0.136. The van der Waals surface area contributed by atoms with Crippen LogP contribution in [0.2, 0.25) is 0 Å². The second-order valence-electron chi connectivity index (χ2n) is 7.03. The maximum absolute atomic E-state index is 12.7. The van der Waals surface area contributed by atoms with E-state index in [1.54, 1.807) is 0 Å². The summed E-state index contributed by atoms with van der Waals surface area (Å²) in [6, 6.07) is 9.14. The van der Waals surface area contributed by atoms with Gasteiger partial charge in [0.05, 0.1) is 0 Å². The zero-order valence-electron chi connectivity index (χ0n) is 15.3. The van der Waals surface area contributed by atoms with Gasteiger partial charge in [0.1, 0.15) is 11.6 Å². The summed E-state index contributed by atoms with van der Waals surface area (Å²) in [4.78, 5) is 37.0. The molecule has 4 amide bonds. The number of amides is 4. The zero-order chi connectivity index (χ0) is 19.1. The number of benzene rings is 1. The minimum Gasteiger partial charge on any atom is -0.368 e. The Balaban J connectivity index is 1.51. The minimum absolute atomic E-state index is 0.359.